The van der Waals surface area contributed by atoms with E-state index >= 15 is 0 Å². The molecule has 0 fully saturated rings. The number of nitrogens with one attached hydrogen (secondary N) is 1. The number of hydrogen-bond acceptors (Lipinski definition) is 4. The number of aromatic nitrogens is 2. The van der Waals surface area contributed by atoms with E-state index in [1.165, 1.54) is 0 Å². The summed E-state index contributed by atoms with van der Waals surface area (Å²) in [6.45, 7) is 3.61. The molecule has 2 aromatic rings. The van der Waals surface area contributed by atoms with Crippen LogP contribution in [0.4, 0.5) is 28.0 Å². The van der Waals surface area contributed by atoms with E-state index in [1.807, 2.05) is 0 Å². The van der Waals surface area contributed by atoms with Crippen molar-refractivity contribution < 1.29 is 27.2 Å². The van der Waals surface area contributed by atoms with E-state index < -0.39 is 40.7 Å². The van der Waals surface area contributed by atoms with Gasteiger partial charge in [0.2, 0.25) is 0 Å². The molecule has 0 aliphatic rings. The first-order valence-corrected chi connectivity index (χ1v) is 8.91. The predicted molar refractivity (Wildman–Crippen MR) is 100 cm³/mol. The van der Waals surface area contributed by atoms with Gasteiger partial charge in [-0.25, -0.2) is 23.6 Å². The van der Waals surface area contributed by atoms with Crippen molar-refractivity contribution in [1.29, 1.82) is 0 Å². The summed E-state index contributed by atoms with van der Waals surface area (Å²) >= 11 is 5.92. The normalized spacial score (nSPS) is 11.5. The minimum Gasteiger partial charge on any atom is -0.305 e. The Morgan fingerprint density at radius 2 is 1.87 bits per heavy atom. The number of nitrogens with zero attached hydrogens (tertiary/aromatic N) is 3. The first-order chi connectivity index (χ1) is 13.9. The van der Waals surface area contributed by atoms with Crippen molar-refractivity contribution in [1.82, 2.24) is 14.2 Å². The molecule has 0 bridgehead atoms. The zero-order valence-corrected chi connectivity index (χ0v) is 16.8. The van der Waals surface area contributed by atoms with Crippen LogP contribution in [0, 0.1) is 5.82 Å². The fraction of sp³-hybridized carbons (Fsp3) is 0.353. The van der Waals surface area contributed by atoms with E-state index in [9.17, 15) is 31.9 Å². The van der Waals surface area contributed by atoms with Gasteiger partial charge in [-0.1, -0.05) is 11.6 Å². The molecular weight excluding hydrogens is 436 g/mol. The van der Waals surface area contributed by atoms with Gasteiger partial charge >= 0.3 is 17.9 Å². The molecule has 30 heavy (non-hydrogen) atoms. The molecule has 0 saturated carbocycles. The second-order valence-corrected chi connectivity index (χ2v) is 6.28. The van der Waals surface area contributed by atoms with Crippen LogP contribution in [0.1, 0.15) is 19.5 Å². The molecule has 8 nitrogen and oxygen atoms in total. The molecule has 0 saturated heterocycles. The van der Waals surface area contributed by atoms with Gasteiger partial charge in [0.15, 0.2) is 0 Å². The van der Waals surface area contributed by atoms with Gasteiger partial charge in [-0.15, -0.1) is 0 Å². The molecule has 0 unspecified atom stereocenters. The van der Waals surface area contributed by atoms with Gasteiger partial charge in [0.25, 0.3) is 5.56 Å². The third-order valence-corrected chi connectivity index (χ3v) is 4.24. The van der Waals surface area contributed by atoms with Crippen molar-refractivity contribution in [2.75, 3.05) is 18.5 Å². The topological polar surface area (TPSA) is 85.6 Å². The van der Waals surface area contributed by atoms with Crippen LogP contribution in [0.15, 0.2) is 27.8 Å². The molecule has 0 aliphatic heterocycles. The number of urea groups is 1. The molecule has 2 rings (SSSR count). The number of anilines is 1. The molecule has 1 aromatic carbocycles. The number of carbonyl (C=O) groups excluding carboxylic acids is 1. The Hall–Kier alpha value is -2.86. The lowest BCUT2D eigenvalue weighted by Crippen LogP contribution is -2.41. The summed E-state index contributed by atoms with van der Waals surface area (Å²) in [6.07, 6.45) is -4.97. The summed E-state index contributed by atoms with van der Waals surface area (Å²) in [6, 6.07) is 0.978. The van der Waals surface area contributed by atoms with Crippen LogP contribution < -0.4 is 16.6 Å². The highest BCUT2D eigenvalue weighted by Crippen LogP contribution is 2.29. The van der Waals surface area contributed by atoms with Gasteiger partial charge in [-0.2, -0.15) is 13.2 Å². The summed E-state index contributed by atoms with van der Waals surface area (Å²) in [4.78, 5) is 41.9. The van der Waals surface area contributed by atoms with Gasteiger partial charge in [-0.3, -0.25) is 14.2 Å². The van der Waals surface area contributed by atoms with Gasteiger partial charge in [0.1, 0.15) is 11.5 Å². The van der Waals surface area contributed by atoms with Crippen molar-refractivity contribution in [3.05, 3.63) is 55.6 Å². The van der Waals surface area contributed by atoms with Crippen LogP contribution in [0.5, 0.6) is 0 Å². The summed E-state index contributed by atoms with van der Waals surface area (Å²) < 4.78 is 53.8. The minimum atomic E-state index is -4.97. The Morgan fingerprint density at radius 1 is 1.23 bits per heavy atom. The number of hydrogen-bond donors (Lipinski definition) is 1. The third kappa shape index (κ3) is 4.65. The summed E-state index contributed by atoms with van der Waals surface area (Å²) in [5.41, 5.74) is -5.21. The Bertz CT molecular complexity index is 1080. The number of halogens is 5. The highest BCUT2D eigenvalue weighted by atomic mass is 35.5. The lowest BCUT2D eigenvalue weighted by atomic mass is 10.2. The van der Waals surface area contributed by atoms with Crippen LogP contribution in [0.2, 0.25) is 5.02 Å². The highest BCUT2D eigenvalue weighted by molar-refractivity contribution is 6.33. The zero-order valence-electron chi connectivity index (χ0n) is 16.0. The Morgan fingerprint density at radius 3 is 2.40 bits per heavy atom. The highest BCUT2D eigenvalue weighted by Gasteiger charge is 2.35. The molecule has 1 heterocycles. The van der Waals surface area contributed by atoms with E-state index in [0.29, 0.717) is 6.07 Å². The summed E-state index contributed by atoms with van der Waals surface area (Å²) in [7, 11) is 0.790. The van der Waals surface area contributed by atoms with Crippen LogP contribution in [0.3, 0.4) is 0 Å². The van der Waals surface area contributed by atoms with Crippen molar-refractivity contribution >= 4 is 23.3 Å². The lowest BCUT2D eigenvalue weighted by molar-refractivity contribution is -0.144. The Labute approximate surface area is 172 Å². The molecule has 1 aromatic heterocycles. The van der Waals surface area contributed by atoms with E-state index in [4.69, 9.17) is 16.4 Å². The number of rotatable bonds is 5. The largest absolute Gasteiger partial charge is 0.431 e. The monoisotopic (exact) mass is 452 g/mol. The van der Waals surface area contributed by atoms with Crippen molar-refractivity contribution in [2.45, 2.75) is 20.0 Å². The van der Waals surface area contributed by atoms with Gasteiger partial charge in [-0.05, 0) is 26.0 Å². The maximum absolute atomic E-state index is 14.5. The molecule has 0 spiro atoms. The molecule has 13 heteroatoms. The molecule has 164 valence electrons. The number of benzene rings is 1. The second kappa shape index (κ2) is 8.88. The Balaban J connectivity index is 2.61. The maximum Gasteiger partial charge on any atom is 0.431 e. The number of amides is 2. The van der Waals surface area contributed by atoms with Crippen molar-refractivity contribution in [3.63, 3.8) is 0 Å². The first kappa shape index (κ1) is 23.4. The van der Waals surface area contributed by atoms with Gasteiger partial charge < -0.3 is 5.32 Å². The zero-order chi connectivity index (χ0) is 22.8. The number of hydroxylamine groups is 2. The molecule has 0 aliphatic carbocycles. The van der Waals surface area contributed by atoms with Crippen LogP contribution in [0.25, 0.3) is 5.69 Å². The predicted octanol–water partition coefficient (Wildman–Crippen LogP) is 3.15. The fourth-order valence-corrected chi connectivity index (χ4v) is 2.75. The van der Waals surface area contributed by atoms with Gasteiger partial charge in [0.05, 0.1) is 23.0 Å². The number of alkyl halides is 3. The lowest BCUT2D eigenvalue weighted by Gasteiger charge is -2.20. The van der Waals surface area contributed by atoms with E-state index in [1.54, 1.807) is 13.8 Å². The van der Waals surface area contributed by atoms with Crippen LogP contribution >= 0.6 is 11.6 Å². The molecule has 2 amide bonds. The molecular formula is C17H17ClF4N4O4. The SMILES string of the molecule is CCON(CC)C(=O)Nc1cc(-n2c(=O)cc(C(F)(F)F)n(C)c2=O)c(F)cc1Cl. The maximum atomic E-state index is 14.5. The molecule has 0 atom stereocenters. The summed E-state index contributed by atoms with van der Waals surface area (Å²) in [5.74, 6) is -1.16. The van der Waals surface area contributed by atoms with Crippen molar-refractivity contribution in [3.8, 4) is 5.69 Å². The smallest absolute Gasteiger partial charge is 0.305 e. The Kier molecular flexibility index (Phi) is 6.93. The average molecular weight is 453 g/mol. The molecule has 0 radical (unpaired) electrons. The van der Waals surface area contributed by atoms with E-state index in [0.717, 1.165) is 18.2 Å². The summed E-state index contributed by atoms with van der Waals surface area (Å²) in [5, 5.41) is 3.01. The quantitative estimate of drug-likeness (QED) is 0.558. The first-order valence-electron chi connectivity index (χ1n) is 8.53. The van der Waals surface area contributed by atoms with Crippen molar-refractivity contribution in [2.24, 2.45) is 7.05 Å². The minimum absolute atomic E-state index is 0.157. The fourth-order valence-electron chi connectivity index (χ4n) is 2.55. The average Bonchev–Trinajstić information content (AvgIpc) is 2.65. The van der Waals surface area contributed by atoms with E-state index in [2.05, 4.69) is 5.32 Å². The second-order valence-electron chi connectivity index (χ2n) is 5.87. The van der Waals surface area contributed by atoms with Crippen LogP contribution in [-0.4, -0.2) is 33.4 Å². The van der Waals surface area contributed by atoms with E-state index in [-0.39, 0.29) is 39.1 Å². The standard InChI is InChI=1S/C17H17ClF4N4O4/c1-4-25(30-5-2)15(28)23-11-7-12(10(19)6-9(11)18)26-14(27)8-13(17(20,21)22)24(3)16(26)29/h6-8H,4-5H2,1-3H3,(H,23,28). The third-order valence-electron chi connectivity index (χ3n) is 3.93. The van der Waals surface area contributed by atoms with Gasteiger partial charge in [0, 0.05) is 19.7 Å². The molecule has 1 N–H and O–H groups in total. The van der Waals surface area contributed by atoms with Crippen LogP contribution in [-0.2, 0) is 18.1 Å². The number of carbonyl (C=O) groups is 1.